The van der Waals surface area contributed by atoms with Gasteiger partial charge >= 0.3 is 11.7 Å². The summed E-state index contributed by atoms with van der Waals surface area (Å²) >= 11 is 7.09. The third-order valence-corrected chi connectivity index (χ3v) is 9.04. The molecule has 188 valence electrons. The average molecular weight is 624 g/mol. The van der Waals surface area contributed by atoms with Crippen molar-refractivity contribution in [3.8, 4) is 5.75 Å². The van der Waals surface area contributed by atoms with E-state index in [1.165, 1.54) is 31.4 Å². The van der Waals surface area contributed by atoms with E-state index < -0.39 is 40.8 Å². The first-order valence-corrected chi connectivity index (χ1v) is 12.7. The van der Waals surface area contributed by atoms with Gasteiger partial charge in [0.25, 0.3) is 0 Å². The molecule has 4 rings (SSSR count). The summed E-state index contributed by atoms with van der Waals surface area (Å²) in [6.45, 7) is -0.694. The standard InChI is InChI=1S/C24H20Br2N2O8/c1-35-21-7-6-12(8-19(21)28(33)34)20(29)11-36-24(32)13-4-2-3-5-18(13)27-22(30)14-9-16(25)17(26)10-15(14)23(27)31/h2-8,14-17H,9-11H2,1H3/t14-,15-,16-,17+/m1/s1. The molecule has 1 aliphatic carbocycles. The molecule has 0 radical (unpaired) electrons. The number of para-hydroxylation sites is 1. The first-order chi connectivity index (χ1) is 17.1. The van der Waals surface area contributed by atoms with Crippen LogP contribution in [0.2, 0.25) is 0 Å². The number of Topliss-reactive ketones (excluding diaryl/α,β-unsaturated/α-hetero) is 1. The van der Waals surface area contributed by atoms with Gasteiger partial charge in [-0.2, -0.15) is 0 Å². The Morgan fingerprint density at radius 3 is 2.25 bits per heavy atom. The second-order valence-electron chi connectivity index (χ2n) is 8.39. The molecule has 2 aromatic carbocycles. The SMILES string of the molecule is COc1ccc(C(=O)COC(=O)c2ccccc2N2C(=O)[C@@H]3C[C@@H](Br)[C@@H](Br)C[C@H]3C2=O)cc1[N+](=O)[O-]. The highest BCUT2D eigenvalue weighted by molar-refractivity contribution is 9.12. The lowest BCUT2D eigenvalue weighted by atomic mass is 9.81. The summed E-state index contributed by atoms with van der Waals surface area (Å²) in [7, 11) is 1.27. The summed E-state index contributed by atoms with van der Waals surface area (Å²) in [6.07, 6.45) is 0.966. The number of ether oxygens (including phenoxy) is 2. The maximum atomic E-state index is 13.2. The second kappa shape index (κ2) is 10.5. The maximum Gasteiger partial charge on any atom is 0.340 e. The highest BCUT2D eigenvalue weighted by Gasteiger charge is 2.53. The molecule has 0 spiro atoms. The van der Waals surface area contributed by atoms with Crippen LogP contribution in [0.15, 0.2) is 42.5 Å². The summed E-state index contributed by atoms with van der Waals surface area (Å²) in [6, 6.07) is 9.68. The number of benzene rings is 2. The fraction of sp³-hybridized carbons (Fsp3) is 0.333. The summed E-state index contributed by atoms with van der Waals surface area (Å²) < 4.78 is 10.1. The molecule has 4 atom stereocenters. The Morgan fingerprint density at radius 1 is 1.06 bits per heavy atom. The average Bonchev–Trinajstić information content (AvgIpc) is 3.10. The molecule has 2 aliphatic rings. The van der Waals surface area contributed by atoms with Crippen LogP contribution in [0.4, 0.5) is 11.4 Å². The van der Waals surface area contributed by atoms with Gasteiger partial charge in [-0.15, -0.1) is 0 Å². The molecule has 1 aliphatic heterocycles. The third-order valence-electron chi connectivity index (χ3n) is 6.31. The van der Waals surface area contributed by atoms with E-state index in [1.54, 1.807) is 12.1 Å². The molecule has 10 nitrogen and oxygen atoms in total. The van der Waals surface area contributed by atoms with Crippen LogP contribution in [-0.2, 0) is 14.3 Å². The van der Waals surface area contributed by atoms with Crippen LogP contribution in [0, 0.1) is 22.0 Å². The van der Waals surface area contributed by atoms with Gasteiger partial charge in [-0.3, -0.25) is 24.5 Å². The number of methoxy groups -OCH3 is 1. The highest BCUT2D eigenvalue weighted by Crippen LogP contribution is 2.45. The van der Waals surface area contributed by atoms with E-state index in [0.717, 1.165) is 11.0 Å². The molecule has 0 unspecified atom stereocenters. The Balaban J connectivity index is 1.52. The van der Waals surface area contributed by atoms with Gasteiger partial charge in [0, 0.05) is 21.3 Å². The van der Waals surface area contributed by atoms with E-state index in [4.69, 9.17) is 9.47 Å². The molecular weight excluding hydrogens is 604 g/mol. The quantitative estimate of drug-likeness (QED) is 0.113. The molecule has 1 heterocycles. The van der Waals surface area contributed by atoms with Gasteiger partial charge in [0.1, 0.15) is 0 Å². The molecule has 0 aromatic heterocycles. The number of nitrogens with zero attached hydrogens (tertiary/aromatic N) is 2. The Morgan fingerprint density at radius 2 is 1.67 bits per heavy atom. The minimum absolute atomic E-state index is 0.0135. The number of nitro groups is 1. The minimum atomic E-state index is -0.908. The minimum Gasteiger partial charge on any atom is -0.490 e. The number of hydrogen-bond acceptors (Lipinski definition) is 8. The second-order valence-corrected chi connectivity index (χ2v) is 10.7. The van der Waals surface area contributed by atoms with Gasteiger partial charge in [0.05, 0.1) is 35.1 Å². The number of esters is 1. The molecule has 2 amide bonds. The first kappa shape index (κ1) is 26.0. The van der Waals surface area contributed by atoms with E-state index in [0.29, 0.717) is 12.8 Å². The number of hydrogen-bond donors (Lipinski definition) is 0. The van der Waals surface area contributed by atoms with Gasteiger partial charge < -0.3 is 9.47 Å². The highest BCUT2D eigenvalue weighted by atomic mass is 79.9. The Hall–Kier alpha value is -3.12. The van der Waals surface area contributed by atoms with Crippen LogP contribution < -0.4 is 9.64 Å². The molecule has 0 N–H and O–H groups in total. The molecule has 1 saturated heterocycles. The summed E-state index contributed by atoms with van der Waals surface area (Å²) in [5.74, 6) is -3.34. The lowest BCUT2D eigenvalue weighted by molar-refractivity contribution is -0.385. The molecular formula is C24H20Br2N2O8. The molecule has 12 heteroatoms. The van der Waals surface area contributed by atoms with Crippen molar-refractivity contribution in [1.82, 2.24) is 0 Å². The number of imide groups is 1. The maximum absolute atomic E-state index is 13.2. The zero-order chi connectivity index (χ0) is 26.1. The van der Waals surface area contributed by atoms with E-state index >= 15 is 0 Å². The van der Waals surface area contributed by atoms with Crippen molar-refractivity contribution in [3.05, 3.63) is 63.7 Å². The number of halogens is 2. The van der Waals surface area contributed by atoms with E-state index in [2.05, 4.69) is 31.9 Å². The van der Waals surface area contributed by atoms with Crippen molar-refractivity contribution in [2.24, 2.45) is 11.8 Å². The fourth-order valence-electron chi connectivity index (χ4n) is 4.47. The number of nitro benzene ring substituents is 1. The van der Waals surface area contributed by atoms with Crippen LogP contribution in [-0.4, -0.2) is 51.9 Å². The predicted octanol–water partition coefficient (Wildman–Crippen LogP) is 4.07. The summed E-state index contributed by atoms with van der Waals surface area (Å²) in [5.41, 5.74) is -0.385. The van der Waals surface area contributed by atoms with E-state index in [-0.39, 0.29) is 44.0 Å². The molecule has 2 aromatic rings. The lowest BCUT2D eigenvalue weighted by Gasteiger charge is -2.29. The van der Waals surface area contributed by atoms with Gasteiger partial charge in [-0.25, -0.2) is 9.69 Å². The number of ketones is 1. The monoisotopic (exact) mass is 622 g/mol. The van der Waals surface area contributed by atoms with Crippen LogP contribution in [0.25, 0.3) is 0 Å². The Kier molecular flexibility index (Phi) is 7.55. The van der Waals surface area contributed by atoms with Crippen molar-refractivity contribution in [1.29, 1.82) is 0 Å². The van der Waals surface area contributed by atoms with E-state index in [1.807, 2.05) is 0 Å². The van der Waals surface area contributed by atoms with Gasteiger partial charge in [0.2, 0.25) is 17.6 Å². The number of carbonyl (C=O) groups is 4. The van der Waals surface area contributed by atoms with Crippen molar-refractivity contribution in [2.45, 2.75) is 22.5 Å². The molecule has 1 saturated carbocycles. The largest absolute Gasteiger partial charge is 0.490 e. The molecule has 36 heavy (non-hydrogen) atoms. The van der Waals surface area contributed by atoms with Crippen LogP contribution in [0.5, 0.6) is 5.75 Å². The lowest BCUT2D eigenvalue weighted by Crippen LogP contribution is -2.34. The zero-order valence-electron chi connectivity index (χ0n) is 18.9. The summed E-state index contributed by atoms with van der Waals surface area (Å²) in [4.78, 5) is 63.4. The van der Waals surface area contributed by atoms with E-state index in [9.17, 15) is 29.3 Å². The van der Waals surface area contributed by atoms with Crippen molar-refractivity contribution < 1.29 is 33.6 Å². The Labute approximate surface area is 222 Å². The van der Waals surface area contributed by atoms with Gasteiger partial charge in [-0.1, -0.05) is 44.0 Å². The number of carbonyl (C=O) groups excluding carboxylic acids is 4. The topological polar surface area (TPSA) is 133 Å². The normalized spacial score (nSPS) is 23.2. The third kappa shape index (κ3) is 4.79. The van der Waals surface area contributed by atoms with Crippen LogP contribution in [0.3, 0.4) is 0 Å². The van der Waals surface area contributed by atoms with Crippen molar-refractivity contribution in [2.75, 3.05) is 18.6 Å². The summed E-state index contributed by atoms with van der Waals surface area (Å²) in [5, 5.41) is 11.2. The number of alkyl halides is 2. The smallest absolute Gasteiger partial charge is 0.340 e. The number of amides is 2. The van der Waals surface area contributed by atoms with Crippen LogP contribution >= 0.6 is 31.9 Å². The van der Waals surface area contributed by atoms with Gasteiger partial charge in [-0.05, 0) is 37.1 Å². The van der Waals surface area contributed by atoms with Gasteiger partial charge in [0.15, 0.2) is 12.4 Å². The zero-order valence-corrected chi connectivity index (χ0v) is 22.1. The number of anilines is 1. The number of rotatable bonds is 7. The molecule has 2 fully saturated rings. The van der Waals surface area contributed by atoms with Crippen molar-refractivity contribution in [3.63, 3.8) is 0 Å². The predicted molar refractivity (Wildman–Crippen MR) is 135 cm³/mol. The Bertz CT molecular complexity index is 1240. The first-order valence-electron chi connectivity index (χ1n) is 10.9. The van der Waals surface area contributed by atoms with Crippen molar-refractivity contribution >= 4 is 66.8 Å². The molecule has 0 bridgehead atoms. The number of fused-ring (bicyclic) bond motifs is 1. The fourth-order valence-corrected chi connectivity index (χ4v) is 5.71. The van der Waals surface area contributed by atoms with Crippen LogP contribution in [0.1, 0.15) is 33.6 Å².